The van der Waals surface area contributed by atoms with Crippen molar-refractivity contribution in [1.82, 2.24) is 25.8 Å². The van der Waals surface area contributed by atoms with Crippen molar-refractivity contribution < 1.29 is 52.1 Å². The van der Waals surface area contributed by atoms with Gasteiger partial charge < -0.3 is 39.8 Å². The number of Topliss-reactive ketones (excluding diaryl/α,β-unsaturated/α-hetero) is 1. The Morgan fingerprint density at radius 3 is 2.41 bits per heavy atom. The number of benzene rings is 1. The number of pyridine rings is 1. The summed E-state index contributed by atoms with van der Waals surface area (Å²) in [6.07, 6.45) is 0.367. The summed E-state index contributed by atoms with van der Waals surface area (Å²) < 4.78 is 36.7. The van der Waals surface area contributed by atoms with Crippen LogP contribution in [0.2, 0.25) is 0 Å². The minimum absolute atomic E-state index is 0.0110. The molecule has 306 valence electrons. The zero-order chi connectivity index (χ0) is 41.2. The molecule has 3 N–H and O–H groups in total. The van der Waals surface area contributed by atoms with Crippen LogP contribution in [0.5, 0.6) is 11.6 Å². The number of likely N-dealkylation sites (tertiary alicyclic amines) is 1. The van der Waals surface area contributed by atoms with Gasteiger partial charge in [0.1, 0.15) is 41.2 Å². The van der Waals surface area contributed by atoms with Crippen LogP contribution in [0, 0.1) is 11.3 Å². The Hall–Kier alpha value is -4.86. The van der Waals surface area contributed by atoms with Crippen molar-refractivity contribution in [3.05, 3.63) is 30.5 Å². The molecule has 5 rings (SSSR count). The van der Waals surface area contributed by atoms with E-state index in [9.17, 15) is 33.2 Å². The molecule has 1 aromatic carbocycles. The van der Waals surface area contributed by atoms with Crippen LogP contribution in [0.25, 0.3) is 10.8 Å². The minimum Gasteiger partial charge on any atom is -0.497 e. The van der Waals surface area contributed by atoms with Gasteiger partial charge in [0.15, 0.2) is 6.29 Å². The van der Waals surface area contributed by atoms with Gasteiger partial charge in [-0.25, -0.2) is 9.78 Å². The van der Waals surface area contributed by atoms with Crippen LogP contribution in [0.15, 0.2) is 30.5 Å². The molecule has 6 atom stereocenters. The maximum absolute atomic E-state index is 14.5. The summed E-state index contributed by atoms with van der Waals surface area (Å²) in [5.41, 5.74) is -3.82. The highest BCUT2D eigenvalue weighted by molar-refractivity contribution is 6.27. The van der Waals surface area contributed by atoms with Crippen LogP contribution in [0.1, 0.15) is 80.6 Å². The van der Waals surface area contributed by atoms with Crippen LogP contribution in [-0.2, 0) is 33.4 Å². The Kier molecular flexibility index (Phi) is 12.3. The maximum Gasteiger partial charge on any atom is 0.408 e. The first kappa shape index (κ1) is 42.3. The van der Waals surface area contributed by atoms with Crippen molar-refractivity contribution in [2.75, 3.05) is 26.9 Å². The average Bonchev–Trinajstić information content (AvgIpc) is 3.99. The second-order valence-electron chi connectivity index (χ2n) is 17.3. The number of halogens is 1. The fourth-order valence-corrected chi connectivity index (χ4v) is 6.98. The lowest BCUT2D eigenvalue weighted by molar-refractivity contribution is -0.143. The third kappa shape index (κ3) is 9.92. The molecule has 2 aliphatic carbocycles. The molecule has 1 saturated heterocycles. The second kappa shape index (κ2) is 16.3. The standard InChI is InChI=1S/C40H54FN5O10/c1-37(2,3)31(44-36(52)56-38(4,5)6)34(50)46-21-26(54-33-27-10-9-25(53-8)17-23(27)12-16-42-33)18-28(46)32(49)45-40(19-24(40)11-15-41)35(51)43-20-30(29(48)22-47)55-39(7)13-14-39/h9-10,12,16-17,22,24,26,28,30-31H,11,13-15,18-21H2,1-8H3,(H,43,51)(H,44,52)(H,45,49)/t24-,26-,28+,30-,31-,40-/m1/s1. The van der Waals surface area contributed by atoms with E-state index >= 15 is 0 Å². The highest BCUT2D eigenvalue weighted by Gasteiger charge is 2.62. The monoisotopic (exact) mass is 783 g/mol. The van der Waals surface area contributed by atoms with Crippen molar-refractivity contribution in [1.29, 1.82) is 0 Å². The number of alkyl halides is 1. The summed E-state index contributed by atoms with van der Waals surface area (Å²) in [6, 6.07) is 4.84. The van der Waals surface area contributed by atoms with Crippen molar-refractivity contribution in [3.63, 3.8) is 0 Å². The SMILES string of the molecule is COc1ccc2c(O[C@@H]3C[C@@H](C(=O)N[C@]4(C(=O)NC[C@@H](OC5(C)CC5)C(=O)C=O)C[C@H]4CCF)N(C(=O)[C@@H](NC(=O)OC(C)(C)C)C(C)(C)C)C3)nccc2c1. The molecule has 1 aliphatic heterocycles. The van der Waals surface area contributed by atoms with Gasteiger partial charge in [0, 0.05) is 18.0 Å². The second-order valence-corrected chi connectivity index (χ2v) is 17.3. The van der Waals surface area contributed by atoms with Gasteiger partial charge in [-0.1, -0.05) is 20.8 Å². The molecule has 2 saturated carbocycles. The first-order valence-electron chi connectivity index (χ1n) is 18.9. The summed E-state index contributed by atoms with van der Waals surface area (Å²) >= 11 is 0. The number of nitrogens with zero attached hydrogens (tertiary/aromatic N) is 2. The van der Waals surface area contributed by atoms with E-state index in [2.05, 4.69) is 20.9 Å². The predicted molar refractivity (Wildman–Crippen MR) is 202 cm³/mol. The fraction of sp³-hybridized carbons (Fsp3) is 0.625. The number of hydrogen-bond donors (Lipinski definition) is 3. The van der Waals surface area contributed by atoms with Gasteiger partial charge >= 0.3 is 6.09 Å². The molecule has 56 heavy (non-hydrogen) atoms. The van der Waals surface area contributed by atoms with Crippen LogP contribution in [0.3, 0.4) is 0 Å². The molecule has 3 aliphatic rings. The maximum atomic E-state index is 14.5. The highest BCUT2D eigenvalue weighted by Crippen LogP contribution is 2.47. The largest absolute Gasteiger partial charge is 0.497 e. The molecule has 0 spiro atoms. The molecule has 1 aromatic heterocycles. The van der Waals surface area contributed by atoms with E-state index in [1.165, 1.54) is 4.90 Å². The molecule has 15 nitrogen and oxygen atoms in total. The molecule has 16 heteroatoms. The Bertz CT molecular complexity index is 1840. The lowest BCUT2D eigenvalue weighted by Gasteiger charge is -2.36. The summed E-state index contributed by atoms with van der Waals surface area (Å²) in [5.74, 6) is -2.46. The number of alkyl carbamates (subject to hydrolysis) is 1. The van der Waals surface area contributed by atoms with E-state index in [1.54, 1.807) is 80.0 Å². The number of ketones is 1. The number of ether oxygens (including phenoxy) is 4. The summed E-state index contributed by atoms with van der Waals surface area (Å²) in [4.78, 5) is 85.3. The van der Waals surface area contributed by atoms with Gasteiger partial charge in [-0.2, -0.15) is 0 Å². The van der Waals surface area contributed by atoms with Crippen molar-refractivity contribution in [2.24, 2.45) is 11.3 Å². The number of rotatable bonds is 16. The lowest BCUT2D eigenvalue weighted by Crippen LogP contribution is -2.60. The number of methoxy groups -OCH3 is 1. The number of carbonyl (C=O) groups excluding carboxylic acids is 6. The van der Waals surface area contributed by atoms with Gasteiger partial charge in [-0.05, 0) is 94.4 Å². The fourth-order valence-electron chi connectivity index (χ4n) is 6.98. The van der Waals surface area contributed by atoms with Gasteiger partial charge in [0.25, 0.3) is 0 Å². The number of amides is 4. The van der Waals surface area contributed by atoms with Gasteiger partial charge in [0.2, 0.25) is 29.4 Å². The average molecular weight is 784 g/mol. The zero-order valence-electron chi connectivity index (χ0n) is 33.4. The number of aromatic nitrogens is 1. The molecule has 0 bridgehead atoms. The summed E-state index contributed by atoms with van der Waals surface area (Å²) in [6.45, 7) is 11.0. The van der Waals surface area contributed by atoms with Crippen molar-refractivity contribution >= 4 is 46.7 Å². The molecular formula is C40H54FN5O10. The Labute approximate surface area is 326 Å². The number of aldehydes is 1. The topological polar surface area (TPSA) is 192 Å². The van der Waals surface area contributed by atoms with E-state index in [-0.39, 0.29) is 44.5 Å². The first-order valence-corrected chi connectivity index (χ1v) is 18.9. The van der Waals surface area contributed by atoms with E-state index in [4.69, 9.17) is 18.9 Å². The van der Waals surface area contributed by atoms with Gasteiger partial charge in [-0.15, -0.1) is 0 Å². The Morgan fingerprint density at radius 1 is 1.09 bits per heavy atom. The van der Waals surface area contributed by atoms with Crippen LogP contribution in [0.4, 0.5) is 9.18 Å². The summed E-state index contributed by atoms with van der Waals surface area (Å²) in [7, 11) is 1.56. The number of carbonyl (C=O) groups is 6. The molecular weight excluding hydrogens is 729 g/mol. The lowest BCUT2D eigenvalue weighted by atomic mass is 9.85. The van der Waals surface area contributed by atoms with Crippen LogP contribution < -0.4 is 25.4 Å². The molecule has 0 radical (unpaired) electrons. The smallest absolute Gasteiger partial charge is 0.408 e. The Morgan fingerprint density at radius 2 is 1.80 bits per heavy atom. The van der Waals surface area contributed by atoms with Gasteiger partial charge in [0.05, 0.1) is 32.5 Å². The van der Waals surface area contributed by atoms with E-state index < -0.39 is 88.6 Å². The number of nitrogens with one attached hydrogen (secondary N) is 3. The van der Waals surface area contributed by atoms with E-state index in [1.807, 2.05) is 6.07 Å². The van der Waals surface area contributed by atoms with Gasteiger partial charge in [-0.3, -0.25) is 28.4 Å². The molecule has 2 aromatic rings. The normalized spacial score (nSPS) is 23.7. The van der Waals surface area contributed by atoms with Crippen molar-refractivity contribution in [2.45, 2.75) is 122 Å². The summed E-state index contributed by atoms with van der Waals surface area (Å²) in [5, 5.41) is 9.64. The minimum atomic E-state index is -1.55. The van der Waals surface area contributed by atoms with Crippen LogP contribution in [-0.4, -0.2) is 114 Å². The number of fused-ring (bicyclic) bond motifs is 1. The molecule has 4 amide bonds. The van der Waals surface area contributed by atoms with E-state index in [0.29, 0.717) is 24.0 Å². The predicted octanol–water partition coefficient (Wildman–Crippen LogP) is 3.59. The molecule has 2 heterocycles. The van der Waals surface area contributed by atoms with Crippen molar-refractivity contribution in [3.8, 4) is 11.6 Å². The van der Waals surface area contributed by atoms with E-state index in [0.717, 1.165) is 5.39 Å². The Balaban J connectivity index is 1.42. The third-order valence-corrected chi connectivity index (χ3v) is 10.4. The highest BCUT2D eigenvalue weighted by atomic mass is 19.1. The first-order chi connectivity index (χ1) is 26.2. The third-order valence-electron chi connectivity index (χ3n) is 10.4. The molecule has 0 unspecified atom stereocenters. The quantitative estimate of drug-likeness (QED) is 0.167. The number of hydrogen-bond acceptors (Lipinski definition) is 11. The zero-order valence-corrected chi connectivity index (χ0v) is 33.4. The van der Waals surface area contributed by atoms with Crippen LogP contribution >= 0.6 is 0 Å². The molecule has 3 fully saturated rings.